The largest absolute Gasteiger partial charge is 0.378 e. The number of nitrogens with one attached hydrogen (secondary N) is 1. The lowest BCUT2D eigenvalue weighted by molar-refractivity contribution is -0.132. The molecular weight excluding hydrogens is 326 g/mol. The van der Waals surface area contributed by atoms with Crippen LogP contribution in [0.15, 0.2) is 0 Å². The van der Waals surface area contributed by atoms with Gasteiger partial charge in [-0.1, -0.05) is 0 Å². The third-order valence-electron chi connectivity index (χ3n) is 5.05. The van der Waals surface area contributed by atoms with Gasteiger partial charge in [-0.05, 0) is 38.1 Å². The third-order valence-corrected chi connectivity index (χ3v) is 5.96. The predicted octanol–water partition coefficient (Wildman–Crippen LogP) is 0.569. The van der Waals surface area contributed by atoms with E-state index in [1.807, 2.05) is 9.80 Å². The fourth-order valence-electron chi connectivity index (χ4n) is 3.21. The van der Waals surface area contributed by atoms with Crippen LogP contribution in [0.2, 0.25) is 0 Å². The van der Waals surface area contributed by atoms with E-state index in [9.17, 15) is 9.59 Å². The van der Waals surface area contributed by atoms with Gasteiger partial charge in [0, 0.05) is 32.2 Å². The molecule has 0 bridgehead atoms. The summed E-state index contributed by atoms with van der Waals surface area (Å²) in [6.07, 6.45) is 4.86. The molecule has 6 nitrogen and oxygen atoms in total. The molecule has 3 aliphatic rings. The van der Waals surface area contributed by atoms with Gasteiger partial charge >= 0.3 is 0 Å². The number of hydrogen-bond donors (Lipinski definition) is 1. The van der Waals surface area contributed by atoms with Crippen molar-refractivity contribution in [3.05, 3.63) is 0 Å². The van der Waals surface area contributed by atoms with E-state index in [-0.39, 0.29) is 11.8 Å². The van der Waals surface area contributed by atoms with Crippen molar-refractivity contribution < 1.29 is 14.3 Å². The van der Waals surface area contributed by atoms with Gasteiger partial charge in [0.2, 0.25) is 11.8 Å². The lowest BCUT2D eigenvalue weighted by atomic mass is 10.0. The Bertz CT molecular complexity index is 431. The van der Waals surface area contributed by atoms with Crippen LogP contribution in [0.1, 0.15) is 25.7 Å². The van der Waals surface area contributed by atoms with Crippen LogP contribution in [0.25, 0.3) is 0 Å². The molecule has 3 fully saturated rings. The number of carbonyl (C=O) groups is 2. The van der Waals surface area contributed by atoms with Crippen LogP contribution in [0.4, 0.5) is 0 Å². The topological polar surface area (TPSA) is 61.9 Å². The highest BCUT2D eigenvalue weighted by molar-refractivity contribution is 8.00. The van der Waals surface area contributed by atoms with Gasteiger partial charge in [0.25, 0.3) is 0 Å². The molecule has 0 unspecified atom stereocenters. The van der Waals surface area contributed by atoms with E-state index in [4.69, 9.17) is 4.74 Å². The number of morpholine rings is 1. The smallest absolute Gasteiger partial charge is 0.232 e. The maximum atomic E-state index is 12.3. The minimum atomic E-state index is 0.124. The Labute approximate surface area is 148 Å². The van der Waals surface area contributed by atoms with Crippen LogP contribution in [0, 0.1) is 5.92 Å². The van der Waals surface area contributed by atoms with E-state index in [0.29, 0.717) is 43.9 Å². The number of nitrogens with zero attached hydrogens (tertiary/aromatic N) is 2. The predicted molar refractivity (Wildman–Crippen MR) is 95.1 cm³/mol. The molecule has 1 saturated carbocycles. The molecule has 2 saturated heterocycles. The van der Waals surface area contributed by atoms with E-state index in [1.54, 1.807) is 0 Å². The molecule has 2 amide bonds. The SMILES string of the molecule is O=C(CSCC(=O)N1CCC(NCC2CC2)CC1)N1CCOCC1. The van der Waals surface area contributed by atoms with Gasteiger partial charge in [-0.2, -0.15) is 0 Å². The summed E-state index contributed by atoms with van der Waals surface area (Å²) in [4.78, 5) is 28.1. The standard InChI is InChI=1S/C17H29N3O3S/c21-16(12-24-13-17(22)20-7-9-23-10-8-20)19-5-3-15(4-6-19)18-11-14-1-2-14/h14-15,18H,1-13H2. The van der Waals surface area contributed by atoms with Crippen LogP contribution < -0.4 is 5.32 Å². The first-order chi connectivity index (χ1) is 11.7. The number of rotatable bonds is 7. The van der Waals surface area contributed by atoms with Crippen molar-refractivity contribution in [1.29, 1.82) is 0 Å². The average Bonchev–Trinajstić information content (AvgIpc) is 3.45. The third kappa shape index (κ3) is 5.63. The van der Waals surface area contributed by atoms with E-state index in [0.717, 1.165) is 38.4 Å². The van der Waals surface area contributed by atoms with E-state index >= 15 is 0 Å². The fraction of sp³-hybridized carbons (Fsp3) is 0.882. The molecule has 2 aliphatic heterocycles. The van der Waals surface area contributed by atoms with Crippen LogP contribution in [-0.4, -0.2) is 85.1 Å². The molecule has 2 heterocycles. The maximum absolute atomic E-state index is 12.3. The first kappa shape index (κ1) is 18.0. The summed E-state index contributed by atoms with van der Waals surface area (Å²) in [6, 6.07) is 0.574. The molecule has 7 heteroatoms. The lowest BCUT2D eigenvalue weighted by Gasteiger charge is -2.32. The van der Waals surface area contributed by atoms with Crippen LogP contribution in [0.5, 0.6) is 0 Å². The Morgan fingerprint density at radius 1 is 0.917 bits per heavy atom. The van der Waals surface area contributed by atoms with Crippen molar-refractivity contribution in [2.45, 2.75) is 31.7 Å². The Hall–Kier alpha value is -0.790. The quantitative estimate of drug-likeness (QED) is 0.723. The molecule has 0 atom stereocenters. The lowest BCUT2D eigenvalue weighted by Crippen LogP contribution is -2.46. The number of piperidine rings is 1. The van der Waals surface area contributed by atoms with Gasteiger partial charge in [-0.25, -0.2) is 0 Å². The Morgan fingerprint density at radius 3 is 2.08 bits per heavy atom. The molecule has 0 radical (unpaired) electrons. The molecule has 0 aromatic heterocycles. The van der Waals surface area contributed by atoms with Crippen molar-refractivity contribution in [2.75, 3.05) is 57.4 Å². The van der Waals surface area contributed by atoms with Crippen molar-refractivity contribution in [3.8, 4) is 0 Å². The van der Waals surface area contributed by atoms with Crippen molar-refractivity contribution in [2.24, 2.45) is 5.92 Å². The van der Waals surface area contributed by atoms with Gasteiger partial charge in [-0.15, -0.1) is 11.8 Å². The monoisotopic (exact) mass is 355 g/mol. The zero-order valence-corrected chi connectivity index (χ0v) is 15.2. The second-order valence-electron chi connectivity index (χ2n) is 6.99. The molecule has 1 aliphatic carbocycles. The number of likely N-dealkylation sites (tertiary alicyclic amines) is 1. The molecular formula is C17H29N3O3S. The zero-order chi connectivity index (χ0) is 16.8. The first-order valence-electron chi connectivity index (χ1n) is 9.17. The van der Waals surface area contributed by atoms with Gasteiger partial charge in [0.05, 0.1) is 24.7 Å². The van der Waals surface area contributed by atoms with Gasteiger partial charge in [0.15, 0.2) is 0 Å². The van der Waals surface area contributed by atoms with Gasteiger partial charge < -0.3 is 19.9 Å². The summed E-state index contributed by atoms with van der Waals surface area (Å²) < 4.78 is 5.25. The Balaban J connectivity index is 1.27. The zero-order valence-electron chi connectivity index (χ0n) is 14.4. The first-order valence-corrected chi connectivity index (χ1v) is 10.3. The van der Waals surface area contributed by atoms with Crippen LogP contribution in [0.3, 0.4) is 0 Å². The summed E-state index contributed by atoms with van der Waals surface area (Å²) in [5, 5.41) is 3.63. The normalized spacial score (nSPS) is 22.7. The summed E-state index contributed by atoms with van der Waals surface area (Å²) in [6.45, 7) is 5.44. The number of hydrogen-bond acceptors (Lipinski definition) is 5. The van der Waals surface area contributed by atoms with E-state index < -0.39 is 0 Å². The molecule has 24 heavy (non-hydrogen) atoms. The minimum absolute atomic E-state index is 0.124. The van der Waals surface area contributed by atoms with Crippen LogP contribution in [-0.2, 0) is 14.3 Å². The molecule has 3 rings (SSSR count). The Morgan fingerprint density at radius 2 is 1.50 bits per heavy atom. The van der Waals surface area contributed by atoms with Gasteiger partial charge in [0.1, 0.15) is 0 Å². The average molecular weight is 356 g/mol. The summed E-state index contributed by atoms with van der Waals surface area (Å²) in [5.74, 6) is 2.01. The van der Waals surface area contributed by atoms with Gasteiger partial charge in [-0.3, -0.25) is 9.59 Å². The number of ether oxygens (including phenoxy) is 1. The summed E-state index contributed by atoms with van der Waals surface area (Å²) in [5.41, 5.74) is 0. The highest BCUT2D eigenvalue weighted by atomic mass is 32.2. The highest BCUT2D eigenvalue weighted by Crippen LogP contribution is 2.28. The Kier molecular flexibility index (Phi) is 6.80. The second-order valence-corrected chi connectivity index (χ2v) is 7.98. The maximum Gasteiger partial charge on any atom is 0.232 e. The second kappa shape index (κ2) is 9.06. The fourth-order valence-corrected chi connectivity index (χ4v) is 4.03. The number of carbonyl (C=O) groups excluding carboxylic acids is 2. The molecule has 0 spiro atoms. The number of amides is 2. The molecule has 0 aromatic rings. The van der Waals surface area contributed by atoms with E-state index in [1.165, 1.54) is 24.6 Å². The van der Waals surface area contributed by atoms with Crippen LogP contribution >= 0.6 is 11.8 Å². The van der Waals surface area contributed by atoms with Crippen molar-refractivity contribution in [1.82, 2.24) is 15.1 Å². The molecule has 1 N–H and O–H groups in total. The highest BCUT2D eigenvalue weighted by Gasteiger charge is 2.26. The summed E-state index contributed by atoms with van der Waals surface area (Å²) >= 11 is 1.44. The molecule has 136 valence electrons. The van der Waals surface area contributed by atoms with Crippen molar-refractivity contribution in [3.63, 3.8) is 0 Å². The minimum Gasteiger partial charge on any atom is -0.378 e. The van der Waals surface area contributed by atoms with Crippen molar-refractivity contribution >= 4 is 23.6 Å². The summed E-state index contributed by atoms with van der Waals surface area (Å²) in [7, 11) is 0. The number of thioether (sulfide) groups is 1. The van der Waals surface area contributed by atoms with E-state index in [2.05, 4.69) is 5.32 Å². The molecule has 0 aromatic carbocycles.